The van der Waals surface area contributed by atoms with Gasteiger partial charge in [0.1, 0.15) is 11.6 Å². The summed E-state index contributed by atoms with van der Waals surface area (Å²) in [5, 5.41) is 0. The summed E-state index contributed by atoms with van der Waals surface area (Å²) in [6, 6.07) is 12.6. The number of ether oxygens (including phenoxy) is 1. The summed E-state index contributed by atoms with van der Waals surface area (Å²) in [6.07, 6.45) is 0. The molecule has 114 valence electrons. The molecule has 0 unspecified atom stereocenters. The van der Waals surface area contributed by atoms with Gasteiger partial charge in [-0.15, -0.1) is 0 Å². The number of aryl methyl sites for hydroxylation is 1. The standard InChI is InChI=1S/C16H13BrF2N2O/c1-10-20-13-7-6-12(17)8-14(13)21(10)9-11-4-2-3-5-15(11)22-16(18)19/h2-8,16H,9H2,1H3. The van der Waals surface area contributed by atoms with Gasteiger partial charge in [0.15, 0.2) is 0 Å². The molecule has 0 aliphatic rings. The van der Waals surface area contributed by atoms with Gasteiger partial charge in [0.05, 0.1) is 17.6 Å². The number of para-hydroxylation sites is 1. The van der Waals surface area contributed by atoms with E-state index < -0.39 is 6.61 Å². The number of imidazole rings is 1. The molecule has 0 aliphatic carbocycles. The van der Waals surface area contributed by atoms with Crippen LogP contribution in [0.5, 0.6) is 5.75 Å². The van der Waals surface area contributed by atoms with Gasteiger partial charge in [-0.25, -0.2) is 4.98 Å². The van der Waals surface area contributed by atoms with E-state index in [2.05, 4.69) is 25.7 Å². The Morgan fingerprint density at radius 1 is 1.23 bits per heavy atom. The second-order valence-corrected chi connectivity index (χ2v) is 5.78. The van der Waals surface area contributed by atoms with Gasteiger partial charge >= 0.3 is 6.61 Å². The van der Waals surface area contributed by atoms with Gasteiger partial charge < -0.3 is 9.30 Å². The Bertz CT molecular complexity index is 817. The van der Waals surface area contributed by atoms with Gasteiger partial charge in [-0.2, -0.15) is 8.78 Å². The molecule has 22 heavy (non-hydrogen) atoms. The zero-order chi connectivity index (χ0) is 15.7. The first-order valence-corrected chi connectivity index (χ1v) is 7.49. The lowest BCUT2D eigenvalue weighted by Crippen LogP contribution is -2.08. The molecule has 0 saturated carbocycles. The topological polar surface area (TPSA) is 27.1 Å². The molecule has 0 atom stereocenters. The number of fused-ring (bicyclic) bond motifs is 1. The van der Waals surface area contributed by atoms with Gasteiger partial charge in [-0.1, -0.05) is 34.1 Å². The van der Waals surface area contributed by atoms with Crippen LogP contribution in [-0.2, 0) is 6.54 Å². The number of hydrogen-bond acceptors (Lipinski definition) is 2. The predicted octanol–water partition coefficient (Wildman–Crippen LogP) is 4.76. The van der Waals surface area contributed by atoms with Gasteiger partial charge in [0.25, 0.3) is 0 Å². The summed E-state index contributed by atoms with van der Waals surface area (Å²) in [4.78, 5) is 4.49. The Labute approximate surface area is 134 Å². The molecular formula is C16H13BrF2N2O. The molecule has 1 aromatic heterocycles. The maximum absolute atomic E-state index is 12.5. The molecule has 3 aromatic rings. The second-order valence-electron chi connectivity index (χ2n) is 4.86. The largest absolute Gasteiger partial charge is 0.434 e. The quantitative estimate of drug-likeness (QED) is 0.665. The smallest absolute Gasteiger partial charge is 0.387 e. The number of hydrogen-bond donors (Lipinski definition) is 0. The first-order valence-electron chi connectivity index (χ1n) is 6.69. The number of alkyl halides is 2. The number of aromatic nitrogens is 2. The Morgan fingerprint density at radius 2 is 2.00 bits per heavy atom. The zero-order valence-corrected chi connectivity index (χ0v) is 13.3. The molecule has 0 saturated heterocycles. The van der Waals surface area contributed by atoms with Crippen LogP contribution in [0.25, 0.3) is 11.0 Å². The molecular weight excluding hydrogens is 354 g/mol. The highest BCUT2D eigenvalue weighted by Gasteiger charge is 2.13. The van der Waals surface area contributed by atoms with Gasteiger partial charge in [-0.05, 0) is 31.2 Å². The Balaban J connectivity index is 2.03. The van der Waals surface area contributed by atoms with Crippen molar-refractivity contribution in [3.8, 4) is 5.75 Å². The molecule has 0 fully saturated rings. The lowest BCUT2D eigenvalue weighted by Gasteiger charge is -2.12. The molecule has 0 amide bonds. The monoisotopic (exact) mass is 366 g/mol. The van der Waals surface area contributed by atoms with Crippen LogP contribution in [0.2, 0.25) is 0 Å². The van der Waals surface area contributed by atoms with Crippen LogP contribution in [-0.4, -0.2) is 16.2 Å². The van der Waals surface area contributed by atoms with Crippen molar-refractivity contribution in [1.29, 1.82) is 0 Å². The van der Waals surface area contributed by atoms with E-state index in [1.54, 1.807) is 24.3 Å². The minimum Gasteiger partial charge on any atom is -0.434 e. The van der Waals surface area contributed by atoms with Crippen LogP contribution >= 0.6 is 15.9 Å². The van der Waals surface area contributed by atoms with E-state index in [9.17, 15) is 8.78 Å². The SMILES string of the molecule is Cc1nc2ccc(Br)cc2n1Cc1ccccc1OC(F)F. The van der Waals surface area contributed by atoms with E-state index in [1.165, 1.54) is 0 Å². The number of halogens is 3. The minimum atomic E-state index is -2.84. The zero-order valence-electron chi connectivity index (χ0n) is 11.8. The van der Waals surface area contributed by atoms with E-state index in [0.717, 1.165) is 21.3 Å². The van der Waals surface area contributed by atoms with Crippen molar-refractivity contribution < 1.29 is 13.5 Å². The molecule has 0 spiro atoms. The summed E-state index contributed by atoms with van der Waals surface area (Å²) >= 11 is 3.44. The van der Waals surface area contributed by atoms with Gasteiger partial charge in [-0.3, -0.25) is 0 Å². The highest BCUT2D eigenvalue weighted by molar-refractivity contribution is 9.10. The molecule has 0 radical (unpaired) electrons. The summed E-state index contributed by atoms with van der Waals surface area (Å²) in [7, 11) is 0. The number of rotatable bonds is 4. The highest BCUT2D eigenvalue weighted by atomic mass is 79.9. The van der Waals surface area contributed by atoms with Gasteiger partial charge in [0.2, 0.25) is 0 Å². The molecule has 1 heterocycles. The van der Waals surface area contributed by atoms with E-state index in [1.807, 2.05) is 29.7 Å². The fraction of sp³-hybridized carbons (Fsp3) is 0.188. The molecule has 3 rings (SSSR count). The lowest BCUT2D eigenvalue weighted by atomic mass is 10.2. The maximum atomic E-state index is 12.5. The van der Waals surface area contributed by atoms with Crippen LogP contribution in [0, 0.1) is 6.92 Å². The van der Waals surface area contributed by atoms with Crippen LogP contribution in [0.15, 0.2) is 46.9 Å². The van der Waals surface area contributed by atoms with Crippen molar-refractivity contribution in [2.75, 3.05) is 0 Å². The van der Waals surface area contributed by atoms with Crippen molar-refractivity contribution in [3.05, 3.63) is 58.3 Å². The average Bonchev–Trinajstić information content (AvgIpc) is 2.76. The third-order valence-electron chi connectivity index (χ3n) is 3.42. The summed E-state index contributed by atoms with van der Waals surface area (Å²) in [5.41, 5.74) is 2.50. The van der Waals surface area contributed by atoms with Gasteiger partial charge in [0, 0.05) is 10.0 Å². The third-order valence-corrected chi connectivity index (χ3v) is 3.91. The molecule has 6 heteroatoms. The van der Waals surface area contributed by atoms with E-state index in [0.29, 0.717) is 12.1 Å². The van der Waals surface area contributed by atoms with Crippen molar-refractivity contribution in [2.45, 2.75) is 20.1 Å². The molecule has 0 aliphatic heterocycles. The fourth-order valence-corrected chi connectivity index (χ4v) is 2.78. The van der Waals surface area contributed by atoms with Crippen LogP contribution in [0.3, 0.4) is 0 Å². The normalized spacial score (nSPS) is 11.3. The minimum absolute atomic E-state index is 0.189. The third kappa shape index (κ3) is 2.97. The average molecular weight is 367 g/mol. The van der Waals surface area contributed by atoms with Crippen molar-refractivity contribution in [1.82, 2.24) is 9.55 Å². The van der Waals surface area contributed by atoms with E-state index >= 15 is 0 Å². The maximum Gasteiger partial charge on any atom is 0.387 e. The Kier molecular flexibility index (Phi) is 4.11. The van der Waals surface area contributed by atoms with Crippen LogP contribution in [0.1, 0.15) is 11.4 Å². The van der Waals surface area contributed by atoms with Crippen molar-refractivity contribution in [2.24, 2.45) is 0 Å². The first kappa shape index (κ1) is 15.0. The van der Waals surface area contributed by atoms with Crippen molar-refractivity contribution in [3.63, 3.8) is 0 Å². The summed E-state index contributed by atoms with van der Waals surface area (Å²) in [5.74, 6) is 1.01. The molecule has 0 N–H and O–H groups in total. The summed E-state index contributed by atoms with van der Waals surface area (Å²) < 4.78 is 32.6. The number of nitrogens with zero attached hydrogens (tertiary/aromatic N) is 2. The second kappa shape index (κ2) is 6.04. The van der Waals surface area contributed by atoms with E-state index in [-0.39, 0.29) is 5.75 Å². The Morgan fingerprint density at radius 3 is 2.77 bits per heavy atom. The molecule has 0 bridgehead atoms. The van der Waals surface area contributed by atoms with E-state index in [4.69, 9.17) is 0 Å². The predicted molar refractivity (Wildman–Crippen MR) is 84.3 cm³/mol. The molecule has 2 aromatic carbocycles. The number of benzene rings is 2. The van der Waals surface area contributed by atoms with Crippen LogP contribution in [0.4, 0.5) is 8.78 Å². The molecule has 3 nitrogen and oxygen atoms in total. The Hall–Kier alpha value is -1.95. The lowest BCUT2D eigenvalue weighted by molar-refractivity contribution is -0.0504. The fourth-order valence-electron chi connectivity index (χ4n) is 2.43. The summed E-state index contributed by atoms with van der Waals surface area (Å²) in [6.45, 7) is -0.525. The van der Waals surface area contributed by atoms with Crippen molar-refractivity contribution >= 4 is 27.0 Å². The van der Waals surface area contributed by atoms with Crippen LogP contribution < -0.4 is 4.74 Å². The highest BCUT2D eigenvalue weighted by Crippen LogP contribution is 2.26. The first-order chi connectivity index (χ1) is 10.5.